The van der Waals surface area contributed by atoms with E-state index in [1.165, 1.54) is 6.20 Å². The summed E-state index contributed by atoms with van der Waals surface area (Å²) >= 11 is 0. The molecule has 0 aromatic carbocycles. The minimum atomic E-state index is -0.514. The number of methoxy groups -OCH3 is 1. The number of rotatable bonds is 6. The maximum atomic E-state index is 12.3. The molecule has 5 rings (SSSR count). The highest BCUT2D eigenvalue weighted by Gasteiger charge is 2.47. The van der Waals surface area contributed by atoms with Gasteiger partial charge in [0.25, 0.3) is 5.91 Å². The molecule has 0 unspecified atom stereocenters. The van der Waals surface area contributed by atoms with E-state index in [1.54, 1.807) is 16.3 Å². The predicted octanol–water partition coefficient (Wildman–Crippen LogP) is 1.68. The Morgan fingerprint density at radius 3 is 2.74 bits per heavy atom. The van der Waals surface area contributed by atoms with Gasteiger partial charge in [0.05, 0.1) is 28.7 Å². The van der Waals surface area contributed by atoms with Crippen LogP contribution in [0.15, 0.2) is 24.7 Å². The number of carbonyl (C=O) groups is 2. The lowest BCUT2D eigenvalue weighted by molar-refractivity contribution is -0.134. The van der Waals surface area contributed by atoms with E-state index in [0.717, 1.165) is 41.8 Å². The fraction of sp³-hybridized carbons (Fsp3) is 0.500. The van der Waals surface area contributed by atoms with Crippen LogP contribution in [0.25, 0.3) is 16.6 Å². The summed E-state index contributed by atoms with van der Waals surface area (Å²) in [5.41, 5.74) is 10.5. The first-order chi connectivity index (χ1) is 16.3. The van der Waals surface area contributed by atoms with Crippen LogP contribution in [0.3, 0.4) is 0 Å². The molecule has 1 saturated heterocycles. The van der Waals surface area contributed by atoms with Gasteiger partial charge in [0.2, 0.25) is 5.91 Å². The predicted molar refractivity (Wildman–Crippen MR) is 127 cm³/mol. The molecule has 2 fully saturated rings. The molecule has 3 N–H and O–H groups in total. The van der Waals surface area contributed by atoms with E-state index in [4.69, 9.17) is 10.5 Å². The summed E-state index contributed by atoms with van der Waals surface area (Å²) in [6, 6.07) is 2.19. The molecule has 10 nitrogen and oxygen atoms in total. The molecule has 1 aliphatic carbocycles. The number of fused-ring (bicyclic) bond motifs is 2. The molecule has 0 spiro atoms. The van der Waals surface area contributed by atoms with Gasteiger partial charge in [-0.2, -0.15) is 10.2 Å². The molecule has 0 radical (unpaired) electrons. The van der Waals surface area contributed by atoms with Crippen molar-refractivity contribution in [3.05, 3.63) is 35.9 Å². The van der Waals surface area contributed by atoms with Crippen molar-refractivity contribution in [1.29, 1.82) is 0 Å². The number of carbonyl (C=O) groups excluding carboxylic acids is 2. The highest BCUT2D eigenvalue weighted by molar-refractivity contribution is 6.02. The third kappa shape index (κ3) is 3.71. The van der Waals surface area contributed by atoms with Crippen molar-refractivity contribution >= 4 is 23.0 Å². The molecule has 3 aromatic rings. The number of anilines is 1. The van der Waals surface area contributed by atoms with Gasteiger partial charge >= 0.3 is 0 Å². The zero-order valence-corrected chi connectivity index (χ0v) is 20.0. The maximum absolute atomic E-state index is 12.3. The van der Waals surface area contributed by atoms with Crippen LogP contribution in [-0.2, 0) is 16.6 Å². The monoisotopic (exact) mass is 465 g/mol. The summed E-state index contributed by atoms with van der Waals surface area (Å²) in [5, 5.41) is 12.5. The first-order valence-electron chi connectivity index (χ1n) is 11.6. The van der Waals surface area contributed by atoms with Crippen molar-refractivity contribution in [3.8, 4) is 11.1 Å². The van der Waals surface area contributed by atoms with E-state index in [-0.39, 0.29) is 18.6 Å². The molecular formula is C24H31N7O3. The van der Waals surface area contributed by atoms with Crippen LogP contribution < -0.4 is 11.1 Å². The highest BCUT2D eigenvalue weighted by Crippen LogP contribution is 2.44. The Morgan fingerprint density at radius 1 is 1.29 bits per heavy atom. The summed E-state index contributed by atoms with van der Waals surface area (Å²) in [6.45, 7) is 5.81. The van der Waals surface area contributed by atoms with Crippen molar-refractivity contribution in [1.82, 2.24) is 24.3 Å². The average molecular weight is 466 g/mol. The molecule has 2 amide bonds. The Kier molecular flexibility index (Phi) is 5.55. The van der Waals surface area contributed by atoms with Gasteiger partial charge < -0.3 is 20.7 Å². The first kappa shape index (κ1) is 22.4. The Balaban J connectivity index is 1.44. The summed E-state index contributed by atoms with van der Waals surface area (Å²) < 4.78 is 8.59. The minimum absolute atomic E-state index is 0.0480. The number of nitrogens with zero attached hydrogens (tertiary/aromatic N) is 5. The minimum Gasteiger partial charge on any atom is -0.380 e. The second kappa shape index (κ2) is 8.43. The van der Waals surface area contributed by atoms with Gasteiger partial charge in [-0.25, -0.2) is 4.52 Å². The molecule has 1 saturated carbocycles. The number of aromatic nitrogens is 4. The Bertz CT molecular complexity index is 1260. The average Bonchev–Trinajstić information content (AvgIpc) is 3.53. The highest BCUT2D eigenvalue weighted by atomic mass is 16.5. The maximum Gasteiger partial charge on any atom is 0.252 e. The molecule has 34 heavy (non-hydrogen) atoms. The van der Waals surface area contributed by atoms with Crippen molar-refractivity contribution in [2.45, 2.75) is 26.3 Å². The lowest BCUT2D eigenvalue weighted by atomic mass is 9.93. The molecule has 180 valence electrons. The van der Waals surface area contributed by atoms with Crippen molar-refractivity contribution in [2.75, 3.05) is 32.1 Å². The molecule has 2 aliphatic rings. The molecule has 10 heteroatoms. The SMILES string of the molecule is COCC(=O)N1C[C@H]2C[C@@H](Nc3c(C(N)=O)cnn4cc(-c5cn(C)nc5C)cc34)[C@H](C)[C@H]2C1. The van der Waals surface area contributed by atoms with Crippen LogP contribution in [0.5, 0.6) is 0 Å². The smallest absolute Gasteiger partial charge is 0.252 e. The summed E-state index contributed by atoms with van der Waals surface area (Å²) in [4.78, 5) is 26.5. The molecule has 0 bridgehead atoms. The molecule has 4 atom stereocenters. The van der Waals surface area contributed by atoms with Crippen LogP contribution in [0.2, 0.25) is 0 Å². The topological polar surface area (TPSA) is 120 Å². The van der Waals surface area contributed by atoms with E-state index in [0.29, 0.717) is 29.0 Å². The number of ether oxygens (including phenoxy) is 1. The fourth-order valence-electron chi connectivity index (χ4n) is 5.80. The number of hydrogen-bond acceptors (Lipinski definition) is 6. The quantitative estimate of drug-likeness (QED) is 0.572. The molecule has 1 aliphatic heterocycles. The van der Waals surface area contributed by atoms with Crippen LogP contribution in [0.1, 0.15) is 29.4 Å². The number of amides is 2. The Hall–Kier alpha value is -3.40. The molecule has 4 heterocycles. The lowest BCUT2D eigenvalue weighted by Crippen LogP contribution is -2.35. The molecular weight excluding hydrogens is 434 g/mol. The number of hydrogen-bond donors (Lipinski definition) is 2. The van der Waals surface area contributed by atoms with Crippen molar-refractivity contribution in [3.63, 3.8) is 0 Å². The summed E-state index contributed by atoms with van der Waals surface area (Å²) in [6.07, 6.45) is 6.37. The van der Waals surface area contributed by atoms with E-state index in [2.05, 4.69) is 22.4 Å². The van der Waals surface area contributed by atoms with Crippen LogP contribution in [-0.4, -0.2) is 69.0 Å². The van der Waals surface area contributed by atoms with Gasteiger partial charge in [-0.1, -0.05) is 6.92 Å². The second-order valence-electron chi connectivity index (χ2n) is 9.66. The Labute approximate surface area is 198 Å². The third-order valence-corrected chi connectivity index (χ3v) is 7.54. The largest absolute Gasteiger partial charge is 0.380 e. The zero-order chi connectivity index (χ0) is 24.1. The number of nitrogens with one attached hydrogen (secondary N) is 1. The van der Waals surface area contributed by atoms with E-state index in [9.17, 15) is 9.59 Å². The number of primary amides is 1. The van der Waals surface area contributed by atoms with E-state index < -0.39 is 5.91 Å². The van der Waals surface area contributed by atoms with Crippen LogP contribution >= 0.6 is 0 Å². The van der Waals surface area contributed by atoms with Gasteiger partial charge in [-0.15, -0.1) is 0 Å². The van der Waals surface area contributed by atoms with Gasteiger partial charge in [0.1, 0.15) is 6.61 Å². The van der Waals surface area contributed by atoms with Crippen molar-refractivity contribution < 1.29 is 14.3 Å². The summed E-state index contributed by atoms with van der Waals surface area (Å²) in [7, 11) is 3.44. The van der Waals surface area contributed by atoms with Crippen molar-refractivity contribution in [2.24, 2.45) is 30.5 Å². The standard InChI is InChI=1S/C24H31N7O3/c1-13-18-11-30(22(32)12-34-4)8-15(18)5-20(13)27-23-17(24(25)33)7-26-31-9-16(6-21(23)31)19-10-29(3)28-14(19)2/h6-7,9-10,13,15,18,20,27H,5,8,11-12H2,1-4H3,(H2,25,33)/t13-,15-,18-,20-/m1/s1. The Morgan fingerprint density at radius 2 is 2.09 bits per heavy atom. The van der Waals surface area contributed by atoms with Gasteiger partial charge in [0.15, 0.2) is 0 Å². The van der Waals surface area contributed by atoms with E-state index in [1.807, 2.05) is 37.3 Å². The third-order valence-electron chi connectivity index (χ3n) is 7.54. The zero-order valence-electron chi connectivity index (χ0n) is 20.0. The first-order valence-corrected chi connectivity index (χ1v) is 11.6. The van der Waals surface area contributed by atoms with Gasteiger partial charge in [-0.3, -0.25) is 14.3 Å². The van der Waals surface area contributed by atoms with Gasteiger partial charge in [-0.05, 0) is 37.2 Å². The number of aryl methyl sites for hydroxylation is 2. The number of nitrogens with two attached hydrogens (primary N) is 1. The van der Waals surface area contributed by atoms with Crippen LogP contribution in [0.4, 0.5) is 5.69 Å². The fourth-order valence-corrected chi connectivity index (χ4v) is 5.80. The van der Waals surface area contributed by atoms with E-state index >= 15 is 0 Å². The lowest BCUT2D eigenvalue weighted by Gasteiger charge is -2.25. The molecule has 3 aromatic heterocycles. The van der Waals surface area contributed by atoms with Gasteiger partial charge in [0, 0.05) is 56.8 Å². The normalized spacial score (nSPS) is 24.1. The second-order valence-corrected chi connectivity index (χ2v) is 9.66. The summed E-state index contributed by atoms with van der Waals surface area (Å²) in [5.74, 6) is 0.693. The van der Waals surface area contributed by atoms with Crippen LogP contribution in [0, 0.1) is 24.7 Å². The number of likely N-dealkylation sites (tertiary alicyclic amines) is 1.